The largest absolute Gasteiger partial charge is 0.478 e. The van der Waals surface area contributed by atoms with E-state index in [2.05, 4.69) is 9.97 Å². The molecule has 0 aliphatic rings. The summed E-state index contributed by atoms with van der Waals surface area (Å²) >= 11 is 0. The molecule has 0 aliphatic heterocycles. The number of carboxylic acid groups (broad SMARTS) is 1. The molecule has 0 saturated carbocycles. The van der Waals surface area contributed by atoms with Gasteiger partial charge in [0.05, 0.1) is 16.6 Å². The van der Waals surface area contributed by atoms with Gasteiger partial charge in [0.1, 0.15) is 18.2 Å². The minimum Gasteiger partial charge on any atom is -0.478 e. The molecule has 5 nitrogen and oxygen atoms in total. The number of halogens is 1. The van der Waals surface area contributed by atoms with E-state index in [4.69, 9.17) is 9.84 Å². The van der Waals surface area contributed by atoms with E-state index in [1.165, 1.54) is 6.07 Å². The van der Waals surface area contributed by atoms with Crippen LogP contribution in [0.2, 0.25) is 0 Å². The van der Waals surface area contributed by atoms with Crippen molar-refractivity contribution in [3.8, 4) is 0 Å². The lowest BCUT2D eigenvalue weighted by Gasteiger charge is -1.97. The molecular weight excluding hydrogens is 239 g/mol. The summed E-state index contributed by atoms with van der Waals surface area (Å²) in [5.74, 6) is -1.53. The van der Waals surface area contributed by atoms with E-state index in [1.54, 1.807) is 0 Å². The number of nitrogens with one attached hydrogen (secondary N) is 1. The van der Waals surface area contributed by atoms with E-state index in [9.17, 15) is 9.18 Å². The van der Waals surface area contributed by atoms with E-state index in [1.807, 2.05) is 6.92 Å². The zero-order valence-corrected chi connectivity index (χ0v) is 9.86. The van der Waals surface area contributed by atoms with Crippen molar-refractivity contribution < 1.29 is 19.0 Å². The van der Waals surface area contributed by atoms with Crippen LogP contribution in [0.25, 0.3) is 11.0 Å². The van der Waals surface area contributed by atoms with Crippen LogP contribution in [-0.4, -0.2) is 27.7 Å². The quantitative estimate of drug-likeness (QED) is 0.801. The molecule has 2 aromatic rings. The van der Waals surface area contributed by atoms with Gasteiger partial charge in [0, 0.05) is 12.7 Å². The predicted molar refractivity (Wildman–Crippen MR) is 63.0 cm³/mol. The molecule has 0 unspecified atom stereocenters. The fraction of sp³-hybridized carbons (Fsp3) is 0.333. The average Bonchev–Trinajstić information content (AvgIpc) is 2.69. The zero-order valence-electron chi connectivity index (χ0n) is 9.86. The number of carbonyl (C=O) groups is 1. The Balaban J connectivity index is 2.30. The van der Waals surface area contributed by atoms with Crippen LogP contribution in [0.4, 0.5) is 4.39 Å². The van der Waals surface area contributed by atoms with Gasteiger partial charge in [0.25, 0.3) is 0 Å². The molecule has 0 atom stereocenters. The maximum atomic E-state index is 13.4. The molecule has 0 spiro atoms. The van der Waals surface area contributed by atoms with Crippen LogP contribution in [0.15, 0.2) is 12.1 Å². The number of aromatic carboxylic acids is 1. The number of imidazole rings is 1. The minimum atomic E-state index is -1.30. The summed E-state index contributed by atoms with van der Waals surface area (Å²) < 4.78 is 18.7. The molecule has 0 saturated heterocycles. The van der Waals surface area contributed by atoms with Gasteiger partial charge in [0.15, 0.2) is 0 Å². The number of carboxylic acids is 1. The first-order chi connectivity index (χ1) is 8.61. The molecule has 1 aromatic heterocycles. The Morgan fingerprint density at radius 1 is 1.56 bits per heavy atom. The van der Waals surface area contributed by atoms with Gasteiger partial charge in [-0.1, -0.05) is 6.92 Å². The van der Waals surface area contributed by atoms with Crippen LogP contribution in [0.1, 0.15) is 29.5 Å². The van der Waals surface area contributed by atoms with Gasteiger partial charge in [-0.15, -0.1) is 0 Å². The monoisotopic (exact) mass is 252 g/mol. The summed E-state index contributed by atoms with van der Waals surface area (Å²) in [6.45, 7) is 2.91. The lowest BCUT2D eigenvalue weighted by molar-refractivity contribution is 0.0692. The third kappa shape index (κ3) is 2.48. The predicted octanol–water partition coefficient (Wildman–Crippen LogP) is 2.33. The SMILES string of the molecule is CCCOCc1nc2cc(C(=O)O)c(F)cc2[nH]1. The fourth-order valence-corrected chi connectivity index (χ4v) is 1.63. The molecule has 96 valence electrons. The standard InChI is InChI=1S/C12H13FN2O3/c1-2-3-18-6-11-14-9-4-7(12(16)17)8(13)5-10(9)15-11/h4-5H,2-3,6H2,1H3,(H,14,15)(H,16,17). The third-order valence-electron chi connectivity index (χ3n) is 2.44. The molecule has 2 N–H and O–H groups in total. The Morgan fingerprint density at radius 3 is 3.00 bits per heavy atom. The molecule has 0 aliphatic carbocycles. The number of hydrogen-bond acceptors (Lipinski definition) is 3. The van der Waals surface area contributed by atoms with Crippen LogP contribution in [0.5, 0.6) is 0 Å². The summed E-state index contributed by atoms with van der Waals surface area (Å²) in [6.07, 6.45) is 0.901. The highest BCUT2D eigenvalue weighted by molar-refractivity contribution is 5.92. The molecule has 1 aromatic carbocycles. The van der Waals surface area contributed by atoms with Crippen molar-refractivity contribution in [2.45, 2.75) is 20.0 Å². The summed E-state index contributed by atoms with van der Waals surface area (Å²) in [6, 6.07) is 2.35. The first-order valence-electron chi connectivity index (χ1n) is 5.61. The van der Waals surface area contributed by atoms with Crippen LogP contribution >= 0.6 is 0 Å². The first kappa shape index (κ1) is 12.5. The Morgan fingerprint density at radius 2 is 2.33 bits per heavy atom. The summed E-state index contributed by atoms with van der Waals surface area (Å²) in [5.41, 5.74) is 0.506. The van der Waals surface area contributed by atoms with Crippen molar-refractivity contribution in [3.05, 3.63) is 29.3 Å². The Bertz CT molecular complexity index is 580. The third-order valence-corrected chi connectivity index (χ3v) is 2.44. The van der Waals surface area contributed by atoms with Crippen molar-refractivity contribution in [2.75, 3.05) is 6.61 Å². The van der Waals surface area contributed by atoms with Gasteiger partial charge in [-0.3, -0.25) is 0 Å². The topological polar surface area (TPSA) is 75.2 Å². The molecule has 2 rings (SSSR count). The number of rotatable bonds is 5. The smallest absolute Gasteiger partial charge is 0.338 e. The average molecular weight is 252 g/mol. The second-order valence-corrected chi connectivity index (χ2v) is 3.89. The van der Waals surface area contributed by atoms with Crippen LogP contribution in [-0.2, 0) is 11.3 Å². The molecule has 1 heterocycles. The highest BCUT2D eigenvalue weighted by Gasteiger charge is 2.13. The Hall–Kier alpha value is -1.95. The maximum Gasteiger partial charge on any atom is 0.338 e. The zero-order chi connectivity index (χ0) is 13.1. The van der Waals surface area contributed by atoms with Crippen molar-refractivity contribution >= 4 is 17.0 Å². The molecule has 0 bridgehead atoms. The molecule has 0 fully saturated rings. The van der Waals surface area contributed by atoms with Gasteiger partial charge in [-0.25, -0.2) is 14.2 Å². The molecule has 0 amide bonds. The normalized spacial score (nSPS) is 11.0. The molecule has 18 heavy (non-hydrogen) atoms. The molecule has 0 radical (unpaired) electrons. The second kappa shape index (κ2) is 5.14. The minimum absolute atomic E-state index is 0.298. The number of fused-ring (bicyclic) bond motifs is 1. The number of nitrogens with zero attached hydrogens (tertiary/aromatic N) is 1. The molecular formula is C12H13FN2O3. The number of ether oxygens (including phenoxy) is 1. The van der Waals surface area contributed by atoms with E-state index in [0.29, 0.717) is 30.1 Å². The van der Waals surface area contributed by atoms with E-state index in [0.717, 1.165) is 12.5 Å². The lowest BCUT2D eigenvalue weighted by atomic mass is 10.2. The van der Waals surface area contributed by atoms with E-state index in [-0.39, 0.29) is 5.56 Å². The Labute approximate surface area is 103 Å². The van der Waals surface area contributed by atoms with Gasteiger partial charge < -0.3 is 14.8 Å². The second-order valence-electron chi connectivity index (χ2n) is 3.89. The van der Waals surface area contributed by atoms with Crippen LogP contribution in [0.3, 0.4) is 0 Å². The van der Waals surface area contributed by atoms with Crippen molar-refractivity contribution in [2.24, 2.45) is 0 Å². The van der Waals surface area contributed by atoms with Crippen LogP contribution < -0.4 is 0 Å². The highest BCUT2D eigenvalue weighted by Crippen LogP contribution is 2.18. The van der Waals surface area contributed by atoms with E-state index >= 15 is 0 Å². The van der Waals surface area contributed by atoms with Crippen molar-refractivity contribution in [1.29, 1.82) is 0 Å². The molecule has 6 heteroatoms. The number of hydrogen-bond donors (Lipinski definition) is 2. The van der Waals surface area contributed by atoms with Gasteiger partial charge in [-0.2, -0.15) is 0 Å². The summed E-state index contributed by atoms with van der Waals surface area (Å²) in [4.78, 5) is 17.8. The van der Waals surface area contributed by atoms with Crippen LogP contribution in [0, 0.1) is 5.82 Å². The van der Waals surface area contributed by atoms with Gasteiger partial charge >= 0.3 is 5.97 Å². The lowest BCUT2D eigenvalue weighted by Crippen LogP contribution is -1.99. The van der Waals surface area contributed by atoms with Crippen molar-refractivity contribution in [1.82, 2.24) is 9.97 Å². The summed E-state index contributed by atoms with van der Waals surface area (Å²) in [7, 11) is 0. The highest BCUT2D eigenvalue weighted by atomic mass is 19.1. The number of aromatic nitrogens is 2. The number of aromatic amines is 1. The van der Waals surface area contributed by atoms with Gasteiger partial charge in [-0.05, 0) is 12.5 Å². The maximum absolute atomic E-state index is 13.4. The fourth-order valence-electron chi connectivity index (χ4n) is 1.63. The van der Waals surface area contributed by atoms with E-state index < -0.39 is 11.8 Å². The first-order valence-corrected chi connectivity index (χ1v) is 5.61. The number of benzene rings is 1. The number of H-pyrrole nitrogens is 1. The van der Waals surface area contributed by atoms with Gasteiger partial charge in [0.2, 0.25) is 0 Å². The van der Waals surface area contributed by atoms with Crippen molar-refractivity contribution in [3.63, 3.8) is 0 Å². The Kier molecular flexibility index (Phi) is 3.57. The summed E-state index contributed by atoms with van der Waals surface area (Å²) in [5, 5.41) is 8.80.